The van der Waals surface area contributed by atoms with Gasteiger partial charge in [0, 0.05) is 18.7 Å². The maximum Gasteiger partial charge on any atom is 0.132 e. The Balaban J connectivity index is 2.08. The molecular formula is C15H26N4. The Hall–Kier alpha value is -1.32. The summed E-state index contributed by atoms with van der Waals surface area (Å²) in [5.41, 5.74) is 0. The van der Waals surface area contributed by atoms with Crippen LogP contribution in [0.3, 0.4) is 0 Å². The minimum absolute atomic E-state index is 0.547. The number of aryl methyl sites for hydroxylation is 1. The first-order chi connectivity index (χ1) is 9.19. The molecule has 1 heterocycles. The van der Waals surface area contributed by atoms with Crippen LogP contribution in [-0.4, -0.2) is 22.6 Å². The van der Waals surface area contributed by atoms with E-state index in [0.29, 0.717) is 6.04 Å². The molecule has 1 aliphatic rings. The fourth-order valence-corrected chi connectivity index (χ4v) is 2.81. The van der Waals surface area contributed by atoms with E-state index < -0.39 is 0 Å². The highest BCUT2D eigenvalue weighted by molar-refractivity contribution is 5.48. The van der Waals surface area contributed by atoms with E-state index in [1.165, 1.54) is 32.1 Å². The topological polar surface area (TPSA) is 49.8 Å². The van der Waals surface area contributed by atoms with Gasteiger partial charge in [0.05, 0.1) is 0 Å². The van der Waals surface area contributed by atoms with Gasteiger partial charge >= 0.3 is 0 Å². The van der Waals surface area contributed by atoms with E-state index in [0.717, 1.165) is 29.9 Å². The Labute approximate surface area is 116 Å². The minimum atomic E-state index is 0.547. The molecule has 1 aromatic rings. The van der Waals surface area contributed by atoms with Crippen LogP contribution in [0.15, 0.2) is 6.07 Å². The standard InChI is InChI=1S/C15H26N4/c1-4-16-14-10-15(18-12(3)17-14)19-13-9-7-5-6-8-11(13)2/h10-11,13H,4-9H2,1-3H3,(H2,16,17,18,19). The monoisotopic (exact) mass is 262 g/mol. The van der Waals surface area contributed by atoms with Crippen molar-refractivity contribution in [3.63, 3.8) is 0 Å². The maximum atomic E-state index is 4.51. The molecule has 1 aromatic heterocycles. The average Bonchev–Trinajstić information content (AvgIpc) is 2.55. The van der Waals surface area contributed by atoms with Gasteiger partial charge < -0.3 is 10.6 Å². The van der Waals surface area contributed by atoms with Crippen molar-refractivity contribution in [2.45, 2.75) is 58.9 Å². The van der Waals surface area contributed by atoms with Gasteiger partial charge in [-0.1, -0.05) is 26.2 Å². The number of aromatic nitrogens is 2. The highest BCUT2D eigenvalue weighted by atomic mass is 15.1. The first-order valence-electron chi connectivity index (χ1n) is 7.55. The van der Waals surface area contributed by atoms with Crippen LogP contribution in [-0.2, 0) is 0 Å². The second kappa shape index (κ2) is 6.73. The first kappa shape index (κ1) is 14.1. The van der Waals surface area contributed by atoms with Gasteiger partial charge in [0.15, 0.2) is 0 Å². The zero-order valence-electron chi connectivity index (χ0n) is 12.4. The third-order valence-electron chi connectivity index (χ3n) is 3.89. The number of nitrogens with one attached hydrogen (secondary N) is 2. The van der Waals surface area contributed by atoms with Crippen molar-refractivity contribution in [1.29, 1.82) is 0 Å². The number of hydrogen-bond donors (Lipinski definition) is 2. The van der Waals surface area contributed by atoms with Crippen molar-refractivity contribution < 1.29 is 0 Å². The fraction of sp³-hybridized carbons (Fsp3) is 0.733. The Bertz CT molecular complexity index is 405. The van der Waals surface area contributed by atoms with Crippen LogP contribution < -0.4 is 10.6 Å². The maximum absolute atomic E-state index is 4.51. The quantitative estimate of drug-likeness (QED) is 0.814. The predicted octanol–water partition coefficient (Wildman–Crippen LogP) is 3.60. The van der Waals surface area contributed by atoms with Gasteiger partial charge in [0.25, 0.3) is 0 Å². The molecule has 0 amide bonds. The van der Waals surface area contributed by atoms with E-state index in [1.807, 2.05) is 13.0 Å². The summed E-state index contributed by atoms with van der Waals surface area (Å²) in [7, 11) is 0. The summed E-state index contributed by atoms with van der Waals surface area (Å²) < 4.78 is 0. The smallest absolute Gasteiger partial charge is 0.132 e. The number of anilines is 2. The van der Waals surface area contributed by atoms with Crippen LogP contribution in [0.5, 0.6) is 0 Å². The zero-order chi connectivity index (χ0) is 13.7. The first-order valence-corrected chi connectivity index (χ1v) is 7.55. The third-order valence-corrected chi connectivity index (χ3v) is 3.89. The van der Waals surface area contributed by atoms with E-state index in [-0.39, 0.29) is 0 Å². The van der Waals surface area contributed by atoms with Crippen molar-refractivity contribution in [3.05, 3.63) is 11.9 Å². The summed E-state index contributed by atoms with van der Waals surface area (Å²) in [6.07, 6.45) is 6.63. The van der Waals surface area contributed by atoms with Crippen molar-refractivity contribution >= 4 is 11.6 Å². The molecule has 0 radical (unpaired) electrons. The molecule has 1 saturated carbocycles. The molecule has 4 nitrogen and oxygen atoms in total. The molecule has 1 fully saturated rings. The largest absolute Gasteiger partial charge is 0.370 e. The van der Waals surface area contributed by atoms with E-state index in [9.17, 15) is 0 Å². The molecule has 0 aromatic carbocycles. The second-order valence-corrected chi connectivity index (χ2v) is 5.58. The molecule has 2 unspecified atom stereocenters. The molecule has 106 valence electrons. The lowest BCUT2D eigenvalue weighted by Crippen LogP contribution is -2.27. The van der Waals surface area contributed by atoms with E-state index >= 15 is 0 Å². The lowest BCUT2D eigenvalue weighted by molar-refractivity contribution is 0.455. The van der Waals surface area contributed by atoms with Crippen LogP contribution in [0.1, 0.15) is 51.8 Å². The van der Waals surface area contributed by atoms with Gasteiger partial charge in [0.2, 0.25) is 0 Å². The number of hydrogen-bond acceptors (Lipinski definition) is 4. The Morgan fingerprint density at radius 1 is 1.16 bits per heavy atom. The van der Waals surface area contributed by atoms with Gasteiger partial charge in [-0.05, 0) is 32.6 Å². The predicted molar refractivity (Wildman–Crippen MR) is 80.6 cm³/mol. The Morgan fingerprint density at radius 2 is 1.89 bits per heavy atom. The number of nitrogens with zero attached hydrogens (tertiary/aromatic N) is 2. The summed E-state index contributed by atoms with van der Waals surface area (Å²) in [5, 5.41) is 6.88. The summed E-state index contributed by atoms with van der Waals surface area (Å²) in [5.74, 6) is 3.42. The van der Waals surface area contributed by atoms with Crippen LogP contribution in [0.2, 0.25) is 0 Å². The molecule has 0 saturated heterocycles. The molecule has 0 aliphatic heterocycles. The van der Waals surface area contributed by atoms with Gasteiger partial charge in [-0.3, -0.25) is 0 Å². The normalized spacial score (nSPS) is 23.7. The van der Waals surface area contributed by atoms with Gasteiger partial charge in [-0.15, -0.1) is 0 Å². The molecule has 0 spiro atoms. The van der Waals surface area contributed by atoms with Crippen LogP contribution >= 0.6 is 0 Å². The summed E-state index contributed by atoms with van der Waals surface area (Å²) in [6, 6.07) is 2.57. The van der Waals surface area contributed by atoms with Crippen molar-refractivity contribution in [2.24, 2.45) is 5.92 Å². The van der Waals surface area contributed by atoms with Crippen LogP contribution in [0.4, 0.5) is 11.6 Å². The minimum Gasteiger partial charge on any atom is -0.370 e. The van der Waals surface area contributed by atoms with E-state index in [2.05, 4.69) is 34.4 Å². The zero-order valence-corrected chi connectivity index (χ0v) is 12.4. The van der Waals surface area contributed by atoms with Crippen LogP contribution in [0.25, 0.3) is 0 Å². The average molecular weight is 262 g/mol. The second-order valence-electron chi connectivity index (χ2n) is 5.58. The fourth-order valence-electron chi connectivity index (χ4n) is 2.81. The van der Waals surface area contributed by atoms with Crippen LogP contribution in [0, 0.1) is 12.8 Å². The van der Waals surface area contributed by atoms with Crippen molar-refractivity contribution in [1.82, 2.24) is 9.97 Å². The molecule has 4 heteroatoms. The Morgan fingerprint density at radius 3 is 2.68 bits per heavy atom. The van der Waals surface area contributed by atoms with E-state index in [4.69, 9.17) is 0 Å². The highest BCUT2D eigenvalue weighted by Crippen LogP contribution is 2.25. The van der Waals surface area contributed by atoms with Gasteiger partial charge in [-0.25, -0.2) is 9.97 Å². The van der Waals surface area contributed by atoms with Crippen molar-refractivity contribution in [2.75, 3.05) is 17.2 Å². The summed E-state index contributed by atoms with van der Waals surface area (Å²) in [4.78, 5) is 8.91. The lowest BCUT2D eigenvalue weighted by Gasteiger charge is -2.23. The molecule has 0 bridgehead atoms. The molecule has 2 N–H and O–H groups in total. The van der Waals surface area contributed by atoms with Gasteiger partial charge in [0.1, 0.15) is 17.5 Å². The SMILES string of the molecule is CCNc1cc(NC2CCCCCC2C)nc(C)n1. The highest BCUT2D eigenvalue weighted by Gasteiger charge is 2.20. The molecule has 1 aliphatic carbocycles. The van der Waals surface area contributed by atoms with E-state index in [1.54, 1.807) is 0 Å². The van der Waals surface area contributed by atoms with Crippen molar-refractivity contribution in [3.8, 4) is 0 Å². The molecule has 2 atom stereocenters. The molecule has 19 heavy (non-hydrogen) atoms. The summed E-state index contributed by atoms with van der Waals surface area (Å²) >= 11 is 0. The molecule has 2 rings (SSSR count). The summed E-state index contributed by atoms with van der Waals surface area (Å²) in [6.45, 7) is 7.26. The molecular weight excluding hydrogens is 236 g/mol. The Kier molecular flexibility index (Phi) is 5.00. The third kappa shape index (κ3) is 4.08. The number of rotatable bonds is 4. The van der Waals surface area contributed by atoms with Gasteiger partial charge in [-0.2, -0.15) is 0 Å². The lowest BCUT2D eigenvalue weighted by atomic mass is 9.97.